The smallest absolute Gasteiger partial charge is 0.164 e. The van der Waals surface area contributed by atoms with Crippen LogP contribution >= 0.6 is 11.3 Å². The molecule has 0 spiro atoms. The molecule has 8 aromatic carbocycles. The lowest BCUT2D eigenvalue weighted by Crippen LogP contribution is -2.01. The van der Waals surface area contributed by atoms with Crippen molar-refractivity contribution < 1.29 is 0 Å². The molecule has 0 saturated carbocycles. The number of nitrogens with zero attached hydrogens (tertiary/aromatic N) is 4. The maximum atomic E-state index is 5.36. The van der Waals surface area contributed by atoms with Gasteiger partial charge in [-0.3, -0.25) is 0 Å². The lowest BCUT2D eigenvalue weighted by Gasteiger charge is -2.14. The number of thiophene rings is 1. The minimum absolute atomic E-state index is 0.647. The molecular formula is C47H28N4S. The van der Waals surface area contributed by atoms with Gasteiger partial charge in [-0.15, -0.1) is 11.3 Å². The third-order valence-corrected chi connectivity index (χ3v) is 11.4. The summed E-state index contributed by atoms with van der Waals surface area (Å²) >= 11 is 1.86. The van der Waals surface area contributed by atoms with Gasteiger partial charge in [0.2, 0.25) is 0 Å². The molecule has 0 radical (unpaired) electrons. The number of aromatic nitrogens is 4. The Bertz CT molecular complexity index is 3170. The zero-order valence-corrected chi connectivity index (χ0v) is 28.7. The van der Waals surface area contributed by atoms with Crippen LogP contribution in [-0.2, 0) is 0 Å². The molecule has 11 aromatic rings. The summed E-state index contributed by atoms with van der Waals surface area (Å²) < 4.78 is 4.94. The number of hydrogen-bond donors (Lipinski definition) is 0. The van der Waals surface area contributed by atoms with E-state index in [-0.39, 0.29) is 0 Å². The van der Waals surface area contributed by atoms with Crippen molar-refractivity contribution in [2.45, 2.75) is 0 Å². The van der Waals surface area contributed by atoms with Crippen molar-refractivity contribution in [2.75, 3.05) is 0 Å². The van der Waals surface area contributed by atoms with Gasteiger partial charge in [0.05, 0.1) is 11.0 Å². The molecule has 3 aromatic heterocycles. The standard InChI is InChI=1S/C47H28N4S/c1-3-15-30(16-4-1)45-48-46(36-23-13-17-29-14-7-8-20-32(29)36)50-47(49-45)38-28-40-42(37-22-9-11-24-39(37)51(40)31-18-5-2-6-19-31)43-34(38)26-27-35-33-21-10-12-25-41(33)52-44(35)43/h1-28H. The first-order chi connectivity index (χ1) is 25.8. The summed E-state index contributed by atoms with van der Waals surface area (Å²) in [7, 11) is 0. The molecule has 0 unspecified atom stereocenters. The average molecular weight is 681 g/mol. The second-order valence-corrected chi connectivity index (χ2v) is 14.2. The Morgan fingerprint density at radius 3 is 1.88 bits per heavy atom. The van der Waals surface area contributed by atoms with Crippen LogP contribution in [0.15, 0.2) is 170 Å². The third-order valence-electron chi connectivity index (χ3n) is 10.2. The van der Waals surface area contributed by atoms with E-state index in [1.807, 2.05) is 29.5 Å². The normalized spacial score (nSPS) is 11.8. The largest absolute Gasteiger partial charge is 0.309 e. The van der Waals surface area contributed by atoms with E-state index in [1.54, 1.807) is 0 Å². The maximum absolute atomic E-state index is 5.36. The van der Waals surface area contributed by atoms with Gasteiger partial charge in [-0.1, -0.05) is 140 Å². The van der Waals surface area contributed by atoms with E-state index in [0.717, 1.165) is 49.6 Å². The number of fused-ring (bicyclic) bond motifs is 10. The molecule has 0 saturated heterocycles. The van der Waals surface area contributed by atoms with Crippen molar-refractivity contribution in [3.8, 4) is 39.9 Å². The fourth-order valence-corrected chi connectivity index (χ4v) is 9.19. The van der Waals surface area contributed by atoms with E-state index < -0.39 is 0 Å². The molecule has 5 heteroatoms. The van der Waals surface area contributed by atoms with E-state index in [2.05, 4.69) is 156 Å². The summed E-state index contributed by atoms with van der Waals surface area (Å²) in [5, 5.41) is 9.61. The number of para-hydroxylation sites is 2. The lowest BCUT2D eigenvalue weighted by molar-refractivity contribution is 1.08. The molecule has 0 amide bonds. The van der Waals surface area contributed by atoms with Gasteiger partial charge in [-0.25, -0.2) is 15.0 Å². The van der Waals surface area contributed by atoms with Crippen molar-refractivity contribution in [3.63, 3.8) is 0 Å². The molecule has 0 fully saturated rings. The molecule has 0 aliphatic carbocycles. The lowest BCUT2D eigenvalue weighted by atomic mass is 9.96. The SMILES string of the molecule is c1ccc(-c2nc(-c3cccc4ccccc34)nc(-c3cc4c(c5ccccc5n4-c4ccccc4)c4c3ccc3c5ccccc5sc34)n2)cc1. The number of rotatable bonds is 4. The Hall–Kier alpha value is -6.69. The van der Waals surface area contributed by atoms with Crippen molar-refractivity contribution in [2.24, 2.45) is 0 Å². The Kier molecular flexibility index (Phi) is 6.39. The molecular weight excluding hydrogens is 653 g/mol. The van der Waals surface area contributed by atoms with Crippen molar-refractivity contribution in [1.82, 2.24) is 19.5 Å². The fourth-order valence-electron chi connectivity index (χ4n) is 7.93. The minimum atomic E-state index is 0.647. The van der Waals surface area contributed by atoms with Crippen LogP contribution in [0.2, 0.25) is 0 Å². The highest BCUT2D eigenvalue weighted by molar-refractivity contribution is 7.26. The van der Waals surface area contributed by atoms with Crippen molar-refractivity contribution in [1.29, 1.82) is 0 Å². The number of benzene rings is 8. The third kappa shape index (κ3) is 4.36. The minimum Gasteiger partial charge on any atom is -0.309 e. The predicted molar refractivity (Wildman–Crippen MR) is 218 cm³/mol. The van der Waals surface area contributed by atoms with Crippen LogP contribution in [-0.4, -0.2) is 19.5 Å². The van der Waals surface area contributed by atoms with Gasteiger partial charge in [0.25, 0.3) is 0 Å². The topological polar surface area (TPSA) is 43.6 Å². The zero-order valence-electron chi connectivity index (χ0n) is 27.9. The Balaban J connectivity index is 1.32. The first-order valence-electron chi connectivity index (χ1n) is 17.5. The molecule has 0 atom stereocenters. The highest BCUT2D eigenvalue weighted by atomic mass is 32.1. The molecule has 0 bridgehead atoms. The van der Waals surface area contributed by atoms with E-state index in [0.29, 0.717) is 17.5 Å². The van der Waals surface area contributed by atoms with Gasteiger partial charge in [0.1, 0.15) is 0 Å². The monoisotopic (exact) mass is 680 g/mol. The number of hydrogen-bond acceptors (Lipinski definition) is 4. The summed E-state index contributed by atoms with van der Waals surface area (Å²) in [6, 6.07) is 60.1. The highest BCUT2D eigenvalue weighted by Crippen LogP contribution is 2.47. The van der Waals surface area contributed by atoms with E-state index in [4.69, 9.17) is 15.0 Å². The fraction of sp³-hybridized carbons (Fsp3) is 0. The van der Waals surface area contributed by atoms with Gasteiger partial charge >= 0.3 is 0 Å². The van der Waals surface area contributed by atoms with Crippen LogP contribution in [0.3, 0.4) is 0 Å². The molecule has 11 rings (SSSR count). The van der Waals surface area contributed by atoms with Gasteiger partial charge in [0.15, 0.2) is 17.5 Å². The molecule has 0 aliphatic rings. The van der Waals surface area contributed by atoms with Gasteiger partial charge in [0, 0.05) is 58.7 Å². The second-order valence-electron chi connectivity index (χ2n) is 13.2. The first kappa shape index (κ1) is 29.1. The zero-order chi connectivity index (χ0) is 34.2. The van der Waals surface area contributed by atoms with Gasteiger partial charge in [-0.05, 0) is 46.5 Å². The molecule has 52 heavy (non-hydrogen) atoms. The van der Waals surface area contributed by atoms with Crippen molar-refractivity contribution >= 4 is 74.9 Å². The summed E-state index contributed by atoms with van der Waals surface area (Å²) in [5.74, 6) is 1.95. The molecule has 3 heterocycles. The van der Waals surface area contributed by atoms with Gasteiger partial charge in [-0.2, -0.15) is 0 Å². The molecule has 0 N–H and O–H groups in total. The van der Waals surface area contributed by atoms with Gasteiger partial charge < -0.3 is 4.57 Å². The van der Waals surface area contributed by atoms with E-state index in [1.165, 1.54) is 36.3 Å². The quantitative estimate of drug-likeness (QED) is 0.186. The van der Waals surface area contributed by atoms with Crippen LogP contribution in [0, 0.1) is 0 Å². The Labute approximate surface area is 302 Å². The summed E-state index contributed by atoms with van der Waals surface area (Å²) in [6.07, 6.45) is 0. The summed E-state index contributed by atoms with van der Waals surface area (Å²) in [4.78, 5) is 15.8. The summed E-state index contributed by atoms with van der Waals surface area (Å²) in [6.45, 7) is 0. The van der Waals surface area contributed by atoms with E-state index >= 15 is 0 Å². The predicted octanol–water partition coefficient (Wildman–Crippen LogP) is 12.6. The van der Waals surface area contributed by atoms with Crippen LogP contribution in [0.25, 0.3) is 103 Å². The van der Waals surface area contributed by atoms with Crippen LogP contribution in [0.4, 0.5) is 0 Å². The van der Waals surface area contributed by atoms with Crippen LogP contribution in [0.1, 0.15) is 0 Å². The average Bonchev–Trinajstić information content (AvgIpc) is 3.77. The van der Waals surface area contributed by atoms with E-state index in [9.17, 15) is 0 Å². The Morgan fingerprint density at radius 1 is 0.404 bits per heavy atom. The van der Waals surface area contributed by atoms with Crippen molar-refractivity contribution in [3.05, 3.63) is 170 Å². The molecule has 4 nitrogen and oxygen atoms in total. The van der Waals surface area contributed by atoms with Crippen LogP contribution < -0.4 is 0 Å². The highest BCUT2D eigenvalue weighted by Gasteiger charge is 2.23. The maximum Gasteiger partial charge on any atom is 0.164 e. The first-order valence-corrected chi connectivity index (χ1v) is 18.3. The molecule has 242 valence electrons. The van der Waals surface area contributed by atoms with Crippen LogP contribution in [0.5, 0.6) is 0 Å². The summed E-state index contributed by atoms with van der Waals surface area (Å²) in [5.41, 5.74) is 6.30. The second kappa shape index (κ2) is 11.4. The molecule has 0 aliphatic heterocycles. The Morgan fingerprint density at radius 2 is 1.04 bits per heavy atom.